The molecule has 2 heterocycles. The number of pyridine rings is 1. The lowest BCUT2D eigenvalue weighted by atomic mass is 10.0. The number of unbranched alkanes of at least 4 members (excludes halogenated alkanes) is 2. The largest absolute Gasteiger partial charge is 0.493 e. The molecule has 39 heavy (non-hydrogen) atoms. The van der Waals surface area contributed by atoms with Crippen molar-refractivity contribution in [3.63, 3.8) is 0 Å². The third kappa shape index (κ3) is 5.94. The molecule has 9 heteroatoms. The van der Waals surface area contributed by atoms with E-state index in [4.69, 9.17) is 4.74 Å². The molecule has 4 aromatic rings. The molecule has 0 saturated carbocycles. The van der Waals surface area contributed by atoms with Gasteiger partial charge in [0.05, 0.1) is 17.5 Å². The average molecular weight is 548 g/mol. The van der Waals surface area contributed by atoms with Crippen molar-refractivity contribution in [2.24, 2.45) is 0 Å². The van der Waals surface area contributed by atoms with Crippen LogP contribution < -0.4 is 5.56 Å². The summed E-state index contributed by atoms with van der Waals surface area (Å²) in [4.78, 5) is 20.7. The van der Waals surface area contributed by atoms with Crippen LogP contribution in [0.15, 0.2) is 87.6 Å². The van der Waals surface area contributed by atoms with E-state index >= 15 is 0 Å². The molecule has 0 spiro atoms. The van der Waals surface area contributed by atoms with Crippen molar-refractivity contribution < 1.29 is 18.3 Å². The summed E-state index contributed by atoms with van der Waals surface area (Å²) < 4.78 is 34.5. The van der Waals surface area contributed by atoms with Crippen molar-refractivity contribution in [2.45, 2.75) is 55.4 Å². The summed E-state index contributed by atoms with van der Waals surface area (Å²) in [6.45, 7) is 4.12. The number of nitrogens with zero attached hydrogens (tertiary/aromatic N) is 3. The highest BCUT2D eigenvalue weighted by Crippen LogP contribution is 2.33. The van der Waals surface area contributed by atoms with Crippen LogP contribution in [-0.2, 0) is 21.0 Å². The maximum absolute atomic E-state index is 13.8. The van der Waals surface area contributed by atoms with E-state index in [1.165, 1.54) is 23.8 Å². The first-order valence-electron chi connectivity index (χ1n) is 12.9. The van der Waals surface area contributed by atoms with Gasteiger partial charge in [0, 0.05) is 25.9 Å². The Kier molecular flexibility index (Phi) is 8.93. The number of aromatic nitrogens is 3. The summed E-state index contributed by atoms with van der Waals surface area (Å²) >= 11 is 0. The van der Waals surface area contributed by atoms with E-state index < -0.39 is 32.2 Å². The molecule has 0 aliphatic heterocycles. The second-order valence-electron chi connectivity index (χ2n) is 9.41. The Labute approximate surface area is 228 Å². The van der Waals surface area contributed by atoms with Crippen LogP contribution in [0.25, 0.3) is 11.1 Å². The third-order valence-corrected chi connectivity index (χ3v) is 8.51. The van der Waals surface area contributed by atoms with E-state index in [1.807, 2.05) is 43.3 Å². The average Bonchev–Trinajstić information content (AvgIpc) is 2.93. The van der Waals surface area contributed by atoms with Crippen molar-refractivity contribution in [1.82, 2.24) is 14.5 Å². The normalized spacial score (nSPS) is 12.4. The molecule has 0 bridgehead atoms. The molecule has 8 nitrogen and oxygen atoms in total. The van der Waals surface area contributed by atoms with Gasteiger partial charge in [-0.05, 0) is 53.8 Å². The highest BCUT2D eigenvalue weighted by molar-refractivity contribution is 7.91. The number of sulfone groups is 1. The summed E-state index contributed by atoms with van der Waals surface area (Å²) in [6, 6.07) is 16.8. The zero-order valence-electron chi connectivity index (χ0n) is 22.4. The van der Waals surface area contributed by atoms with Gasteiger partial charge in [0.2, 0.25) is 15.7 Å². The number of hydrogen-bond donors (Lipinski definition) is 1. The zero-order valence-corrected chi connectivity index (χ0v) is 23.2. The van der Waals surface area contributed by atoms with Crippen molar-refractivity contribution in [3.8, 4) is 17.0 Å². The fraction of sp³-hybridized carbons (Fsp3) is 0.300. The minimum absolute atomic E-state index is 0.111. The van der Waals surface area contributed by atoms with E-state index in [1.54, 1.807) is 24.5 Å². The summed E-state index contributed by atoms with van der Waals surface area (Å²) in [6.07, 6.45) is 6.41. The van der Waals surface area contributed by atoms with Crippen LogP contribution in [0.3, 0.4) is 0 Å². The fourth-order valence-corrected chi connectivity index (χ4v) is 6.05. The van der Waals surface area contributed by atoms with Crippen molar-refractivity contribution >= 4 is 9.84 Å². The van der Waals surface area contributed by atoms with Crippen molar-refractivity contribution in [2.75, 3.05) is 13.7 Å². The quantitative estimate of drug-likeness (QED) is 0.259. The molecule has 0 aliphatic carbocycles. The number of hydrogen-bond acceptors (Lipinski definition) is 7. The van der Waals surface area contributed by atoms with Crippen LogP contribution in [0.4, 0.5) is 0 Å². The summed E-state index contributed by atoms with van der Waals surface area (Å²) in [5.74, 6) is -0.319. The maximum atomic E-state index is 13.8. The topological polar surface area (TPSA) is 111 Å². The molecule has 0 amide bonds. The molecule has 0 saturated heterocycles. The van der Waals surface area contributed by atoms with Gasteiger partial charge in [-0.15, -0.1) is 0 Å². The minimum atomic E-state index is -4.40. The van der Waals surface area contributed by atoms with Crippen LogP contribution >= 0.6 is 0 Å². The Bertz CT molecular complexity index is 1580. The molecule has 2 aromatic carbocycles. The molecule has 0 radical (unpaired) electrons. The SMILES string of the molecule is CCCCCc1nc(=O)c(S(=O)(=O)c2ccc(-c3ccncc3C)cc2)c(O)n1[C@@H](COC)c1ccccc1. The van der Waals surface area contributed by atoms with Gasteiger partial charge in [0.1, 0.15) is 5.82 Å². The Morgan fingerprint density at radius 3 is 2.38 bits per heavy atom. The van der Waals surface area contributed by atoms with Gasteiger partial charge in [-0.1, -0.05) is 62.2 Å². The van der Waals surface area contributed by atoms with Gasteiger partial charge in [-0.3, -0.25) is 14.3 Å². The first-order valence-corrected chi connectivity index (χ1v) is 14.4. The Morgan fingerprint density at radius 1 is 1.03 bits per heavy atom. The number of aryl methyl sites for hydroxylation is 2. The molecule has 4 rings (SSSR count). The number of ether oxygens (including phenoxy) is 1. The van der Waals surface area contributed by atoms with Gasteiger partial charge in [0.25, 0.3) is 5.56 Å². The first kappa shape index (κ1) is 28.2. The summed E-state index contributed by atoms with van der Waals surface area (Å²) in [5.41, 5.74) is 2.49. The van der Waals surface area contributed by atoms with Crippen LogP contribution in [0, 0.1) is 6.92 Å². The Hall–Kier alpha value is -3.82. The standard InChI is InChI=1S/C30H33N3O5S/c1-4-5-7-12-27-32-29(34)28(30(35)33(27)26(20-38-3)23-10-8-6-9-11-23)39(36,37)24-15-13-22(14-16-24)25-17-18-31-19-21(25)2/h6,8-11,13-19,26,35H,4-5,7,12,20H2,1-3H3/t26-/m0/s1. The monoisotopic (exact) mass is 547 g/mol. The van der Waals surface area contributed by atoms with Crippen molar-refractivity contribution in [1.29, 1.82) is 0 Å². The highest BCUT2D eigenvalue weighted by Gasteiger charge is 2.32. The maximum Gasteiger partial charge on any atom is 0.296 e. The molecule has 0 unspecified atom stereocenters. The second-order valence-corrected chi connectivity index (χ2v) is 11.3. The van der Waals surface area contributed by atoms with E-state index in [2.05, 4.69) is 16.9 Å². The molecule has 1 N–H and O–H groups in total. The predicted molar refractivity (Wildman–Crippen MR) is 150 cm³/mol. The highest BCUT2D eigenvalue weighted by atomic mass is 32.2. The van der Waals surface area contributed by atoms with Gasteiger partial charge in [-0.25, -0.2) is 8.42 Å². The first-order chi connectivity index (χ1) is 18.8. The van der Waals surface area contributed by atoms with Gasteiger partial charge in [-0.2, -0.15) is 4.98 Å². The minimum Gasteiger partial charge on any atom is -0.493 e. The van der Waals surface area contributed by atoms with E-state index in [0.29, 0.717) is 12.2 Å². The number of benzene rings is 2. The lowest BCUT2D eigenvalue weighted by molar-refractivity contribution is 0.161. The van der Waals surface area contributed by atoms with E-state index in [0.717, 1.165) is 41.5 Å². The van der Waals surface area contributed by atoms with Gasteiger partial charge >= 0.3 is 0 Å². The summed E-state index contributed by atoms with van der Waals surface area (Å²) in [7, 11) is -2.87. The smallest absolute Gasteiger partial charge is 0.296 e. The van der Waals surface area contributed by atoms with Gasteiger partial charge < -0.3 is 9.84 Å². The van der Waals surface area contributed by atoms with Crippen LogP contribution in [0.5, 0.6) is 5.88 Å². The summed E-state index contributed by atoms with van der Waals surface area (Å²) in [5, 5.41) is 11.5. The number of aromatic hydroxyl groups is 1. The molecule has 204 valence electrons. The Balaban J connectivity index is 1.86. The van der Waals surface area contributed by atoms with Crippen molar-refractivity contribution in [3.05, 3.63) is 100 Å². The van der Waals surface area contributed by atoms with Crippen LogP contribution in [0.1, 0.15) is 49.2 Å². The Morgan fingerprint density at radius 2 is 1.74 bits per heavy atom. The molecule has 2 aromatic heterocycles. The zero-order chi connectivity index (χ0) is 28.0. The predicted octanol–water partition coefficient (Wildman–Crippen LogP) is 5.12. The van der Waals surface area contributed by atoms with E-state index in [9.17, 15) is 18.3 Å². The number of methoxy groups -OCH3 is 1. The van der Waals surface area contributed by atoms with E-state index in [-0.39, 0.29) is 11.5 Å². The molecular formula is C30H33N3O5S. The van der Waals surface area contributed by atoms with Crippen LogP contribution in [-0.4, -0.2) is 41.8 Å². The van der Waals surface area contributed by atoms with Crippen LogP contribution in [0.2, 0.25) is 0 Å². The fourth-order valence-electron chi connectivity index (χ4n) is 4.70. The second kappa shape index (κ2) is 12.4. The molecule has 0 fully saturated rings. The molecule has 0 aliphatic rings. The molecule has 1 atom stereocenters. The molecular weight excluding hydrogens is 514 g/mol. The third-order valence-electron chi connectivity index (χ3n) is 6.72. The van der Waals surface area contributed by atoms with Gasteiger partial charge in [0.15, 0.2) is 4.90 Å². The lowest BCUT2D eigenvalue weighted by Crippen LogP contribution is -2.29. The number of rotatable bonds is 11. The lowest BCUT2D eigenvalue weighted by Gasteiger charge is -2.25.